The van der Waals surface area contributed by atoms with Crippen LogP contribution in [0.15, 0.2) is 60.9 Å². The van der Waals surface area contributed by atoms with Gasteiger partial charge in [0.1, 0.15) is 5.01 Å². The highest BCUT2D eigenvalue weighted by Crippen LogP contribution is 2.41. The number of fused-ring (bicyclic) bond motifs is 2. The van der Waals surface area contributed by atoms with Crippen LogP contribution in [-0.2, 0) is 18.3 Å². The van der Waals surface area contributed by atoms with Crippen molar-refractivity contribution in [1.82, 2.24) is 24.7 Å². The second kappa shape index (κ2) is 9.31. The molecule has 0 amide bonds. The van der Waals surface area contributed by atoms with Crippen molar-refractivity contribution in [2.24, 2.45) is 7.05 Å². The monoisotopic (exact) mass is 539 g/mol. The van der Waals surface area contributed by atoms with Crippen LogP contribution in [0.4, 0.5) is 0 Å². The molecule has 0 atom stereocenters. The Hall–Kier alpha value is -4.14. The number of rotatable bonds is 5. The molecule has 0 saturated heterocycles. The fraction of sp³-hybridized carbons (Fsp3) is 0.138. The minimum Gasteiger partial charge on any atom is -0.481 e. The minimum absolute atomic E-state index is 0.0751. The molecule has 0 aliphatic heterocycles. The number of carbonyl (C=O) groups is 1. The Morgan fingerprint density at radius 2 is 1.79 bits per heavy atom. The fourth-order valence-corrected chi connectivity index (χ4v) is 6.09. The Morgan fingerprint density at radius 3 is 2.55 bits per heavy atom. The fourth-order valence-electron chi connectivity index (χ4n) is 4.83. The van der Waals surface area contributed by atoms with E-state index >= 15 is 0 Å². The molecule has 0 spiro atoms. The lowest BCUT2D eigenvalue weighted by atomic mass is 9.93. The quantitative estimate of drug-likeness (QED) is 0.257. The molecule has 4 heterocycles. The molecule has 2 aromatic carbocycles. The van der Waals surface area contributed by atoms with Crippen LogP contribution in [-0.4, -0.2) is 35.8 Å². The predicted octanol–water partition coefficient (Wildman–Crippen LogP) is 6.87. The lowest BCUT2D eigenvalue weighted by Crippen LogP contribution is -2.04. The Bertz CT molecular complexity index is 1870. The maximum absolute atomic E-state index is 11.7. The van der Waals surface area contributed by atoms with Crippen molar-refractivity contribution < 1.29 is 9.90 Å². The van der Waals surface area contributed by atoms with Crippen LogP contribution in [0.3, 0.4) is 0 Å². The van der Waals surface area contributed by atoms with Gasteiger partial charge in [0.25, 0.3) is 0 Å². The third-order valence-electron chi connectivity index (χ3n) is 6.66. The maximum Gasteiger partial charge on any atom is 0.307 e. The first-order chi connectivity index (χ1) is 18.3. The third-order valence-corrected chi connectivity index (χ3v) is 8.05. The number of hydrogen-bond donors (Lipinski definition) is 1. The number of nitrogens with zero attached hydrogens (tertiary/aromatic N) is 5. The molecule has 188 valence electrons. The SMILES string of the molecule is Cc1cc2nc(-c3ccnc(-c4cc5c(C)nn(C)c5cn4)c3)sc2c(-c2ccc(Cl)cc2)c1CC(=O)O. The molecule has 0 unspecified atom stereocenters. The number of aliphatic carboxylic acids is 1. The zero-order chi connectivity index (χ0) is 26.6. The van der Waals surface area contributed by atoms with Gasteiger partial charge in [-0.15, -0.1) is 11.3 Å². The standard InChI is InChI=1S/C29H22ClN5O2S/c1-15-10-24-28(27(20(15)13-26(36)37)17-4-6-19(30)7-5-17)38-29(33-24)18-8-9-31-22(11-18)23-12-21-16(2)34-35(3)25(21)14-32-23/h4-12,14H,13H2,1-3H3,(H,36,37). The first-order valence-electron chi connectivity index (χ1n) is 12.0. The molecule has 0 radical (unpaired) electrons. The van der Waals surface area contributed by atoms with Crippen molar-refractivity contribution in [2.45, 2.75) is 20.3 Å². The van der Waals surface area contributed by atoms with Crippen LogP contribution in [0.5, 0.6) is 0 Å². The number of aryl methyl sites for hydroxylation is 3. The van der Waals surface area contributed by atoms with Crippen LogP contribution in [0, 0.1) is 13.8 Å². The normalized spacial score (nSPS) is 11.5. The summed E-state index contributed by atoms with van der Waals surface area (Å²) in [6, 6.07) is 15.4. The van der Waals surface area contributed by atoms with Gasteiger partial charge in [0, 0.05) is 34.8 Å². The van der Waals surface area contributed by atoms with E-state index < -0.39 is 5.97 Å². The summed E-state index contributed by atoms with van der Waals surface area (Å²) in [4.78, 5) is 25.9. The van der Waals surface area contributed by atoms with Gasteiger partial charge in [0.2, 0.25) is 0 Å². The molecule has 0 saturated carbocycles. The van der Waals surface area contributed by atoms with Gasteiger partial charge in [-0.05, 0) is 66.9 Å². The number of carboxylic acids is 1. The summed E-state index contributed by atoms with van der Waals surface area (Å²) >= 11 is 7.68. The van der Waals surface area contributed by atoms with Gasteiger partial charge < -0.3 is 5.11 Å². The number of thiazole rings is 1. The van der Waals surface area contributed by atoms with Crippen molar-refractivity contribution in [3.8, 4) is 33.1 Å². The van der Waals surface area contributed by atoms with E-state index in [0.717, 1.165) is 71.0 Å². The maximum atomic E-state index is 11.7. The Labute approximate surface area is 227 Å². The molecule has 0 fully saturated rings. The smallest absolute Gasteiger partial charge is 0.307 e. The highest BCUT2D eigenvalue weighted by Gasteiger charge is 2.20. The molecule has 0 aliphatic carbocycles. The van der Waals surface area contributed by atoms with Gasteiger partial charge in [-0.2, -0.15) is 5.10 Å². The highest BCUT2D eigenvalue weighted by atomic mass is 35.5. The number of benzene rings is 2. The number of carboxylic acid groups (broad SMARTS) is 1. The average molecular weight is 540 g/mol. The van der Waals surface area contributed by atoms with E-state index in [1.807, 2.05) is 80.3 Å². The zero-order valence-electron chi connectivity index (χ0n) is 20.9. The first-order valence-corrected chi connectivity index (χ1v) is 13.1. The second-order valence-electron chi connectivity index (χ2n) is 9.22. The molecule has 0 aliphatic rings. The number of aromatic nitrogens is 5. The van der Waals surface area contributed by atoms with E-state index in [4.69, 9.17) is 16.6 Å². The third kappa shape index (κ3) is 4.21. The number of pyridine rings is 2. The summed E-state index contributed by atoms with van der Waals surface area (Å²) in [6.45, 7) is 3.92. The largest absolute Gasteiger partial charge is 0.481 e. The summed E-state index contributed by atoms with van der Waals surface area (Å²) in [5.41, 5.74) is 8.62. The van der Waals surface area contributed by atoms with E-state index in [-0.39, 0.29) is 6.42 Å². The molecule has 7 nitrogen and oxygen atoms in total. The lowest BCUT2D eigenvalue weighted by Gasteiger charge is -2.13. The van der Waals surface area contributed by atoms with Crippen LogP contribution in [0.1, 0.15) is 16.8 Å². The minimum atomic E-state index is -0.875. The highest BCUT2D eigenvalue weighted by molar-refractivity contribution is 7.22. The van der Waals surface area contributed by atoms with E-state index in [9.17, 15) is 9.90 Å². The van der Waals surface area contributed by atoms with Crippen LogP contribution in [0.2, 0.25) is 5.02 Å². The molecular weight excluding hydrogens is 518 g/mol. The zero-order valence-corrected chi connectivity index (χ0v) is 22.4. The summed E-state index contributed by atoms with van der Waals surface area (Å²) < 4.78 is 2.76. The van der Waals surface area contributed by atoms with Crippen molar-refractivity contribution in [1.29, 1.82) is 0 Å². The van der Waals surface area contributed by atoms with Crippen LogP contribution < -0.4 is 0 Å². The van der Waals surface area contributed by atoms with Crippen molar-refractivity contribution >= 4 is 50.0 Å². The van der Waals surface area contributed by atoms with E-state index in [1.54, 1.807) is 6.20 Å². The average Bonchev–Trinajstić information content (AvgIpc) is 3.45. The van der Waals surface area contributed by atoms with Crippen LogP contribution in [0.25, 0.3) is 54.2 Å². The first kappa shape index (κ1) is 24.2. The Morgan fingerprint density at radius 1 is 1.03 bits per heavy atom. The predicted molar refractivity (Wildman–Crippen MR) is 152 cm³/mol. The van der Waals surface area contributed by atoms with Crippen LogP contribution >= 0.6 is 22.9 Å². The molecule has 4 aromatic heterocycles. The lowest BCUT2D eigenvalue weighted by molar-refractivity contribution is -0.136. The van der Waals surface area contributed by atoms with E-state index in [2.05, 4.69) is 15.1 Å². The Balaban J connectivity index is 1.50. The topological polar surface area (TPSA) is 93.8 Å². The van der Waals surface area contributed by atoms with Gasteiger partial charge in [-0.25, -0.2) is 4.98 Å². The van der Waals surface area contributed by atoms with E-state index in [1.165, 1.54) is 11.3 Å². The van der Waals surface area contributed by atoms with Gasteiger partial charge in [0.05, 0.1) is 45.4 Å². The van der Waals surface area contributed by atoms with Crippen molar-refractivity contribution in [3.05, 3.63) is 82.8 Å². The molecule has 6 aromatic rings. The van der Waals surface area contributed by atoms with Gasteiger partial charge in [-0.1, -0.05) is 23.7 Å². The molecule has 9 heteroatoms. The van der Waals surface area contributed by atoms with Crippen molar-refractivity contribution in [2.75, 3.05) is 0 Å². The van der Waals surface area contributed by atoms with Gasteiger partial charge in [-0.3, -0.25) is 19.4 Å². The van der Waals surface area contributed by atoms with Crippen molar-refractivity contribution in [3.63, 3.8) is 0 Å². The summed E-state index contributed by atoms with van der Waals surface area (Å²) in [7, 11) is 1.91. The molecule has 6 rings (SSSR count). The number of hydrogen-bond acceptors (Lipinski definition) is 6. The molecular formula is C29H22ClN5O2S. The second-order valence-corrected chi connectivity index (χ2v) is 10.7. The van der Waals surface area contributed by atoms with Gasteiger partial charge in [0.15, 0.2) is 0 Å². The summed E-state index contributed by atoms with van der Waals surface area (Å²) in [5, 5.41) is 16.6. The summed E-state index contributed by atoms with van der Waals surface area (Å²) in [5.74, 6) is -0.875. The van der Waals surface area contributed by atoms with Gasteiger partial charge >= 0.3 is 5.97 Å². The van der Waals surface area contributed by atoms with E-state index in [0.29, 0.717) is 5.02 Å². The number of halogens is 1. The molecule has 38 heavy (non-hydrogen) atoms. The Kier molecular flexibility index (Phi) is 5.93. The molecule has 0 bridgehead atoms. The molecule has 1 N–H and O–H groups in total. The summed E-state index contributed by atoms with van der Waals surface area (Å²) in [6.07, 6.45) is 3.51.